The van der Waals surface area contributed by atoms with Crippen LogP contribution in [0.2, 0.25) is 0 Å². The highest BCUT2D eigenvalue weighted by molar-refractivity contribution is 5.21. The smallest absolute Gasteiger partial charge is 0.0672 e. The molecule has 1 aromatic heterocycles. The fraction of sp³-hybridized carbons (Fsp3) is 0.600. The molecule has 2 rings (SSSR count). The van der Waals surface area contributed by atoms with Gasteiger partial charge in [-0.2, -0.15) is 5.26 Å². The van der Waals surface area contributed by atoms with Gasteiger partial charge in [-0.1, -0.05) is 19.3 Å². The zero-order chi connectivity index (χ0) is 12.8. The summed E-state index contributed by atoms with van der Waals surface area (Å²) in [6.45, 7) is 2.93. The van der Waals surface area contributed by atoms with Crippen molar-refractivity contribution in [3.63, 3.8) is 0 Å². The van der Waals surface area contributed by atoms with Crippen LogP contribution in [0.5, 0.6) is 0 Å². The van der Waals surface area contributed by atoms with Crippen LogP contribution >= 0.6 is 0 Å². The average molecular weight is 243 g/mol. The highest BCUT2D eigenvalue weighted by Crippen LogP contribution is 2.23. The van der Waals surface area contributed by atoms with E-state index in [2.05, 4.69) is 23.3 Å². The minimum atomic E-state index is 0.171. The van der Waals surface area contributed by atoms with Crippen LogP contribution in [-0.2, 0) is 6.54 Å². The van der Waals surface area contributed by atoms with Gasteiger partial charge in [0.1, 0.15) is 0 Å². The Morgan fingerprint density at radius 1 is 1.39 bits per heavy atom. The summed E-state index contributed by atoms with van der Waals surface area (Å²) in [6.07, 6.45) is 9.60. The summed E-state index contributed by atoms with van der Waals surface area (Å²) in [4.78, 5) is 4.16. The van der Waals surface area contributed by atoms with Crippen molar-refractivity contribution in [3.8, 4) is 6.07 Å². The van der Waals surface area contributed by atoms with Crippen LogP contribution in [0.1, 0.15) is 43.2 Å². The predicted octanol–water partition coefficient (Wildman–Crippen LogP) is 2.95. The molecule has 0 radical (unpaired) electrons. The topological polar surface area (TPSA) is 48.7 Å². The molecule has 0 saturated heterocycles. The molecule has 0 bridgehead atoms. The number of aromatic nitrogens is 1. The molecule has 1 aromatic rings. The summed E-state index contributed by atoms with van der Waals surface area (Å²) in [5, 5.41) is 12.8. The first kappa shape index (κ1) is 13.0. The largest absolute Gasteiger partial charge is 0.309 e. The fourth-order valence-electron chi connectivity index (χ4n) is 2.63. The molecule has 96 valence electrons. The number of nitriles is 1. The van der Waals surface area contributed by atoms with E-state index in [0.717, 1.165) is 19.4 Å². The van der Waals surface area contributed by atoms with E-state index in [1.54, 1.807) is 0 Å². The van der Waals surface area contributed by atoms with Crippen molar-refractivity contribution in [2.24, 2.45) is 5.92 Å². The van der Waals surface area contributed by atoms with Crippen molar-refractivity contribution in [3.05, 3.63) is 29.6 Å². The van der Waals surface area contributed by atoms with E-state index in [1.165, 1.54) is 30.4 Å². The molecule has 2 atom stereocenters. The van der Waals surface area contributed by atoms with Gasteiger partial charge in [0.05, 0.1) is 12.0 Å². The summed E-state index contributed by atoms with van der Waals surface area (Å²) in [6, 6.07) is 4.84. The SMILES string of the molecule is Cc1ccncc1CNC1CCCCCC1C#N. The van der Waals surface area contributed by atoms with Gasteiger partial charge in [0, 0.05) is 25.0 Å². The maximum absolute atomic E-state index is 9.24. The molecule has 0 aliphatic heterocycles. The molecule has 0 aromatic carbocycles. The first-order valence-electron chi connectivity index (χ1n) is 6.83. The third kappa shape index (κ3) is 3.30. The van der Waals surface area contributed by atoms with E-state index in [0.29, 0.717) is 6.04 Å². The highest BCUT2D eigenvalue weighted by Gasteiger charge is 2.22. The minimum Gasteiger partial charge on any atom is -0.309 e. The van der Waals surface area contributed by atoms with Gasteiger partial charge in [-0.05, 0) is 37.0 Å². The Kier molecular flexibility index (Phi) is 4.72. The lowest BCUT2D eigenvalue weighted by Crippen LogP contribution is -2.34. The highest BCUT2D eigenvalue weighted by atomic mass is 14.9. The summed E-state index contributed by atoms with van der Waals surface area (Å²) in [5.74, 6) is 0.171. The second kappa shape index (κ2) is 6.51. The maximum Gasteiger partial charge on any atom is 0.0672 e. The third-order valence-electron chi connectivity index (χ3n) is 3.88. The fourth-order valence-corrected chi connectivity index (χ4v) is 2.63. The van der Waals surface area contributed by atoms with E-state index in [1.807, 2.05) is 18.5 Å². The summed E-state index contributed by atoms with van der Waals surface area (Å²) in [7, 11) is 0. The Bertz CT molecular complexity index is 422. The van der Waals surface area contributed by atoms with E-state index >= 15 is 0 Å². The first-order valence-corrected chi connectivity index (χ1v) is 6.83. The van der Waals surface area contributed by atoms with Gasteiger partial charge in [-0.15, -0.1) is 0 Å². The van der Waals surface area contributed by atoms with Crippen LogP contribution < -0.4 is 5.32 Å². The van der Waals surface area contributed by atoms with E-state index in [9.17, 15) is 5.26 Å². The monoisotopic (exact) mass is 243 g/mol. The van der Waals surface area contributed by atoms with Crippen LogP contribution in [0.25, 0.3) is 0 Å². The molecule has 1 fully saturated rings. The Morgan fingerprint density at radius 2 is 2.22 bits per heavy atom. The van der Waals surface area contributed by atoms with Crippen LogP contribution in [0.15, 0.2) is 18.5 Å². The van der Waals surface area contributed by atoms with Crippen molar-refractivity contribution >= 4 is 0 Å². The summed E-state index contributed by atoms with van der Waals surface area (Å²) < 4.78 is 0. The molecule has 1 aliphatic rings. The van der Waals surface area contributed by atoms with Crippen molar-refractivity contribution in [2.45, 2.75) is 51.6 Å². The lowest BCUT2D eigenvalue weighted by molar-refractivity contribution is 0.393. The van der Waals surface area contributed by atoms with Gasteiger partial charge in [0.2, 0.25) is 0 Å². The quantitative estimate of drug-likeness (QED) is 0.830. The van der Waals surface area contributed by atoms with E-state index < -0.39 is 0 Å². The average Bonchev–Trinajstić information content (AvgIpc) is 2.62. The molecule has 18 heavy (non-hydrogen) atoms. The molecule has 0 amide bonds. The van der Waals surface area contributed by atoms with Gasteiger partial charge in [-0.3, -0.25) is 4.98 Å². The molecule has 0 spiro atoms. The molecular weight excluding hydrogens is 222 g/mol. The first-order chi connectivity index (χ1) is 8.81. The zero-order valence-electron chi connectivity index (χ0n) is 11.0. The predicted molar refractivity (Wildman–Crippen MR) is 71.8 cm³/mol. The standard InChI is InChI=1S/C15H21N3/c1-12-7-8-17-10-14(12)11-18-15-6-4-2-3-5-13(15)9-16/h7-8,10,13,15,18H,2-6,11H2,1H3. The Balaban J connectivity index is 1.96. The van der Waals surface area contributed by atoms with Crippen molar-refractivity contribution in [1.82, 2.24) is 10.3 Å². The van der Waals surface area contributed by atoms with Gasteiger partial charge < -0.3 is 5.32 Å². The van der Waals surface area contributed by atoms with E-state index in [-0.39, 0.29) is 5.92 Å². The number of hydrogen-bond acceptors (Lipinski definition) is 3. The van der Waals surface area contributed by atoms with E-state index in [4.69, 9.17) is 0 Å². The molecule has 1 N–H and O–H groups in total. The molecule has 3 nitrogen and oxygen atoms in total. The number of hydrogen-bond donors (Lipinski definition) is 1. The number of pyridine rings is 1. The number of aryl methyl sites for hydroxylation is 1. The molecule has 1 aliphatic carbocycles. The third-order valence-corrected chi connectivity index (χ3v) is 3.88. The van der Waals surface area contributed by atoms with Gasteiger partial charge in [0.15, 0.2) is 0 Å². The Labute approximate surface area is 109 Å². The van der Waals surface area contributed by atoms with Crippen LogP contribution in [-0.4, -0.2) is 11.0 Å². The lowest BCUT2D eigenvalue weighted by Gasteiger charge is -2.21. The Morgan fingerprint density at radius 3 is 3.00 bits per heavy atom. The van der Waals surface area contributed by atoms with Crippen molar-refractivity contribution in [2.75, 3.05) is 0 Å². The number of nitrogens with zero attached hydrogens (tertiary/aromatic N) is 2. The van der Waals surface area contributed by atoms with Crippen LogP contribution in [0.3, 0.4) is 0 Å². The number of rotatable bonds is 3. The molecular formula is C15H21N3. The van der Waals surface area contributed by atoms with Gasteiger partial charge >= 0.3 is 0 Å². The zero-order valence-corrected chi connectivity index (χ0v) is 11.0. The minimum absolute atomic E-state index is 0.171. The Hall–Kier alpha value is -1.40. The van der Waals surface area contributed by atoms with Gasteiger partial charge in [-0.25, -0.2) is 0 Å². The lowest BCUT2D eigenvalue weighted by atomic mass is 9.96. The second-order valence-electron chi connectivity index (χ2n) is 5.16. The van der Waals surface area contributed by atoms with Crippen molar-refractivity contribution in [1.29, 1.82) is 5.26 Å². The molecule has 3 heteroatoms. The van der Waals surface area contributed by atoms with Crippen LogP contribution in [0.4, 0.5) is 0 Å². The summed E-state index contributed by atoms with van der Waals surface area (Å²) in [5.41, 5.74) is 2.50. The molecule has 2 unspecified atom stereocenters. The van der Waals surface area contributed by atoms with Crippen molar-refractivity contribution < 1.29 is 0 Å². The normalized spacial score (nSPS) is 24.2. The van der Waals surface area contributed by atoms with Crippen LogP contribution in [0, 0.1) is 24.2 Å². The molecule has 1 heterocycles. The van der Waals surface area contributed by atoms with Gasteiger partial charge in [0.25, 0.3) is 0 Å². The number of nitrogens with one attached hydrogen (secondary N) is 1. The summed E-state index contributed by atoms with van der Waals surface area (Å²) >= 11 is 0. The maximum atomic E-state index is 9.24. The second-order valence-corrected chi connectivity index (χ2v) is 5.16. The molecule has 1 saturated carbocycles.